The van der Waals surface area contributed by atoms with Crippen LogP contribution in [0.4, 0.5) is 11.4 Å². The van der Waals surface area contributed by atoms with Gasteiger partial charge in [-0.1, -0.05) is 11.6 Å². The summed E-state index contributed by atoms with van der Waals surface area (Å²) in [6.45, 7) is 3.38. The lowest BCUT2D eigenvalue weighted by Crippen LogP contribution is -2.44. The van der Waals surface area contributed by atoms with Crippen LogP contribution in [0.15, 0.2) is 40.5 Å². The molecule has 2 aliphatic rings. The first-order valence-corrected chi connectivity index (χ1v) is 7.49. The zero-order valence-electron chi connectivity index (χ0n) is 11.4. The number of halogens is 2. The van der Waals surface area contributed by atoms with Gasteiger partial charge in [-0.2, -0.15) is 0 Å². The minimum Gasteiger partial charge on any atom is -0.378 e. The van der Waals surface area contributed by atoms with Gasteiger partial charge in [0.1, 0.15) is 0 Å². The number of hydrogen-bond donors (Lipinski definition) is 2. The SMILES string of the molecule is ClC1=CN[C@](Cl)(Nc2ccc(N3CCOCC3)cc2)N=C1. The molecule has 2 N–H and O–H groups in total. The van der Waals surface area contributed by atoms with Crippen molar-refractivity contribution in [1.82, 2.24) is 5.32 Å². The van der Waals surface area contributed by atoms with E-state index in [4.69, 9.17) is 27.9 Å². The fourth-order valence-electron chi connectivity index (χ4n) is 2.23. The lowest BCUT2D eigenvalue weighted by molar-refractivity contribution is 0.122. The van der Waals surface area contributed by atoms with Crippen molar-refractivity contribution in [3.05, 3.63) is 35.5 Å². The van der Waals surface area contributed by atoms with Crippen LogP contribution >= 0.6 is 23.2 Å². The molecule has 2 heterocycles. The van der Waals surface area contributed by atoms with Crippen LogP contribution in [-0.2, 0) is 4.74 Å². The van der Waals surface area contributed by atoms with Crippen molar-refractivity contribution in [2.75, 3.05) is 36.5 Å². The van der Waals surface area contributed by atoms with E-state index in [0.717, 1.165) is 32.0 Å². The molecule has 0 amide bonds. The Morgan fingerprint density at radius 3 is 2.57 bits per heavy atom. The van der Waals surface area contributed by atoms with E-state index in [2.05, 4.69) is 32.7 Å². The molecule has 0 aliphatic carbocycles. The minimum atomic E-state index is -1.10. The molecule has 2 aliphatic heterocycles. The Kier molecular flexibility index (Phi) is 4.24. The number of alkyl halides is 1. The summed E-state index contributed by atoms with van der Waals surface area (Å²) in [7, 11) is 0. The van der Waals surface area contributed by atoms with Crippen LogP contribution in [-0.4, -0.2) is 37.8 Å². The lowest BCUT2D eigenvalue weighted by atomic mass is 10.2. The second-order valence-electron chi connectivity index (χ2n) is 4.83. The van der Waals surface area contributed by atoms with Gasteiger partial charge >= 0.3 is 0 Å². The molecule has 1 saturated heterocycles. The summed E-state index contributed by atoms with van der Waals surface area (Å²) < 4.78 is 5.36. The van der Waals surface area contributed by atoms with Crippen LogP contribution in [0.1, 0.15) is 0 Å². The van der Waals surface area contributed by atoms with Gasteiger partial charge in [0.05, 0.1) is 18.2 Å². The average Bonchev–Trinajstić information content (AvgIpc) is 2.52. The van der Waals surface area contributed by atoms with Gasteiger partial charge in [0.25, 0.3) is 5.25 Å². The zero-order chi connectivity index (χ0) is 14.7. The van der Waals surface area contributed by atoms with Crippen molar-refractivity contribution in [3.63, 3.8) is 0 Å². The summed E-state index contributed by atoms with van der Waals surface area (Å²) in [6, 6.07) is 8.07. The molecular formula is C14H16Cl2N4O. The van der Waals surface area contributed by atoms with Crippen LogP contribution in [0, 0.1) is 0 Å². The highest BCUT2D eigenvalue weighted by molar-refractivity contribution is 6.40. The normalized spacial score (nSPS) is 25.2. The first-order valence-electron chi connectivity index (χ1n) is 6.73. The van der Waals surface area contributed by atoms with Crippen molar-refractivity contribution < 1.29 is 4.74 Å². The molecular weight excluding hydrogens is 311 g/mol. The highest BCUT2D eigenvalue weighted by atomic mass is 35.5. The standard InChI is InChI=1S/C14H16Cl2N4O/c15-11-9-17-14(16,18-10-11)19-12-1-3-13(4-2-12)20-5-7-21-8-6-20/h1-4,9-10,17,19H,5-8H2/t14-/m0/s1. The fraction of sp³-hybridized carbons (Fsp3) is 0.357. The average molecular weight is 327 g/mol. The van der Waals surface area contributed by atoms with Crippen molar-refractivity contribution in [2.45, 2.75) is 5.25 Å². The zero-order valence-corrected chi connectivity index (χ0v) is 12.9. The maximum atomic E-state index is 6.31. The fourth-order valence-corrected chi connectivity index (χ4v) is 2.54. The predicted molar refractivity (Wildman–Crippen MR) is 87.2 cm³/mol. The highest BCUT2D eigenvalue weighted by Gasteiger charge is 2.26. The number of benzene rings is 1. The first kappa shape index (κ1) is 14.5. The molecule has 1 fully saturated rings. The maximum absolute atomic E-state index is 6.31. The molecule has 112 valence electrons. The summed E-state index contributed by atoms with van der Waals surface area (Å²) in [5.74, 6) is 0. The quantitative estimate of drug-likeness (QED) is 0.662. The summed E-state index contributed by atoms with van der Waals surface area (Å²) in [4.78, 5) is 6.44. The molecule has 0 saturated carbocycles. The summed E-state index contributed by atoms with van der Waals surface area (Å²) in [5.41, 5.74) is 2.05. The van der Waals surface area contributed by atoms with Crippen molar-refractivity contribution in [3.8, 4) is 0 Å². The Labute approximate surface area is 133 Å². The maximum Gasteiger partial charge on any atom is 0.286 e. The lowest BCUT2D eigenvalue weighted by Gasteiger charge is -2.30. The Hall–Kier alpha value is -1.43. The van der Waals surface area contributed by atoms with Gasteiger partial charge in [-0.15, -0.1) is 0 Å². The van der Waals surface area contributed by atoms with Crippen LogP contribution in [0.3, 0.4) is 0 Å². The number of morpholine rings is 1. The van der Waals surface area contributed by atoms with Crippen LogP contribution < -0.4 is 15.5 Å². The second kappa shape index (κ2) is 6.13. The molecule has 1 aromatic carbocycles. The largest absolute Gasteiger partial charge is 0.378 e. The number of allylic oxidation sites excluding steroid dienone is 1. The van der Waals surface area contributed by atoms with Crippen molar-refractivity contribution >= 4 is 40.8 Å². The number of nitrogens with zero attached hydrogens (tertiary/aromatic N) is 2. The number of aliphatic imine (C=N–C) groups is 1. The van der Waals surface area contributed by atoms with E-state index in [-0.39, 0.29) is 0 Å². The first-order chi connectivity index (χ1) is 10.1. The third kappa shape index (κ3) is 3.61. The minimum absolute atomic E-state index is 0.510. The number of anilines is 2. The Balaban J connectivity index is 1.66. The van der Waals surface area contributed by atoms with E-state index in [9.17, 15) is 0 Å². The molecule has 0 spiro atoms. The number of hydrogen-bond acceptors (Lipinski definition) is 5. The highest BCUT2D eigenvalue weighted by Crippen LogP contribution is 2.24. The third-order valence-electron chi connectivity index (χ3n) is 3.32. The molecule has 1 atom stereocenters. The monoisotopic (exact) mass is 326 g/mol. The number of nitrogens with one attached hydrogen (secondary N) is 2. The molecule has 21 heavy (non-hydrogen) atoms. The van der Waals surface area contributed by atoms with Gasteiger partial charge in [0.2, 0.25) is 0 Å². The van der Waals surface area contributed by atoms with E-state index in [1.54, 1.807) is 6.20 Å². The Morgan fingerprint density at radius 1 is 1.24 bits per heavy atom. The predicted octanol–water partition coefficient (Wildman–Crippen LogP) is 2.54. The summed E-state index contributed by atoms with van der Waals surface area (Å²) in [5, 5.41) is 5.44. The van der Waals surface area contributed by atoms with Crippen LogP contribution in [0.25, 0.3) is 0 Å². The van der Waals surface area contributed by atoms with Gasteiger partial charge in [-0.05, 0) is 35.9 Å². The van der Waals surface area contributed by atoms with Crippen LogP contribution in [0.2, 0.25) is 0 Å². The molecule has 0 bridgehead atoms. The van der Waals surface area contributed by atoms with Gasteiger partial charge in [0, 0.05) is 36.9 Å². The molecule has 3 rings (SSSR count). The molecule has 7 heteroatoms. The molecule has 0 aromatic heterocycles. The van der Waals surface area contributed by atoms with E-state index in [1.807, 2.05) is 12.1 Å². The molecule has 0 radical (unpaired) electrons. The smallest absolute Gasteiger partial charge is 0.286 e. The summed E-state index contributed by atoms with van der Waals surface area (Å²) >= 11 is 12.1. The van der Waals surface area contributed by atoms with E-state index < -0.39 is 5.25 Å². The van der Waals surface area contributed by atoms with Crippen molar-refractivity contribution in [1.29, 1.82) is 0 Å². The van der Waals surface area contributed by atoms with Gasteiger partial charge < -0.3 is 20.3 Å². The van der Waals surface area contributed by atoms with E-state index in [0.29, 0.717) is 5.03 Å². The number of ether oxygens (including phenoxy) is 1. The van der Waals surface area contributed by atoms with E-state index in [1.165, 1.54) is 11.9 Å². The molecule has 5 nitrogen and oxygen atoms in total. The van der Waals surface area contributed by atoms with Crippen molar-refractivity contribution in [2.24, 2.45) is 4.99 Å². The van der Waals surface area contributed by atoms with Gasteiger partial charge in [0.15, 0.2) is 0 Å². The second-order valence-corrected chi connectivity index (χ2v) is 5.81. The topological polar surface area (TPSA) is 48.9 Å². The van der Waals surface area contributed by atoms with Gasteiger partial charge in [-0.3, -0.25) is 0 Å². The third-order valence-corrected chi connectivity index (χ3v) is 3.83. The van der Waals surface area contributed by atoms with E-state index >= 15 is 0 Å². The van der Waals surface area contributed by atoms with Gasteiger partial charge in [-0.25, -0.2) is 4.99 Å². The molecule has 1 aromatic rings. The summed E-state index contributed by atoms with van der Waals surface area (Å²) in [6.07, 6.45) is 3.12. The number of rotatable bonds is 3. The molecule has 0 unspecified atom stereocenters. The Morgan fingerprint density at radius 2 is 1.95 bits per heavy atom. The van der Waals surface area contributed by atoms with Crippen LogP contribution in [0.5, 0.6) is 0 Å². The Bertz CT molecular complexity index is 555.